The number of pyridine rings is 1. The van der Waals surface area contributed by atoms with Gasteiger partial charge in [0.15, 0.2) is 5.82 Å². The van der Waals surface area contributed by atoms with E-state index >= 15 is 0 Å². The lowest BCUT2D eigenvalue weighted by Gasteiger charge is -2.40. The number of hydrogen-bond donors (Lipinski definition) is 5. The van der Waals surface area contributed by atoms with E-state index in [9.17, 15) is 9.65 Å². The molecule has 42 heavy (non-hydrogen) atoms. The number of rotatable bonds is 7. The van der Waals surface area contributed by atoms with E-state index in [1.54, 1.807) is 12.1 Å². The number of nitrogens with one attached hydrogen (secondary N) is 5. The van der Waals surface area contributed by atoms with E-state index in [-0.39, 0.29) is 28.2 Å². The fourth-order valence-electron chi connectivity index (χ4n) is 5.93. The number of benzene rings is 2. The first-order chi connectivity index (χ1) is 20.5. The van der Waals surface area contributed by atoms with Crippen LogP contribution in [0.25, 0.3) is 10.9 Å². The smallest absolute Gasteiger partial charge is 0.165 e. The second-order valence-electron chi connectivity index (χ2n) is 10.6. The summed E-state index contributed by atoms with van der Waals surface area (Å²) in [5.41, 5.74) is 13.8. The van der Waals surface area contributed by atoms with Crippen LogP contribution in [-0.4, -0.2) is 54.0 Å². The molecule has 7 rings (SSSR count). The van der Waals surface area contributed by atoms with Gasteiger partial charge in [0.1, 0.15) is 6.07 Å². The largest absolute Gasteiger partial charge is 0.378 e. The zero-order valence-corrected chi connectivity index (χ0v) is 24.6. The molecule has 13 heteroatoms. The number of nitriles is 1. The first-order valence-electron chi connectivity index (χ1n) is 13.6. The van der Waals surface area contributed by atoms with Crippen molar-refractivity contribution in [2.45, 2.75) is 18.5 Å². The maximum Gasteiger partial charge on any atom is 0.165 e. The molecule has 1 aromatic heterocycles. The van der Waals surface area contributed by atoms with Crippen LogP contribution in [0.5, 0.6) is 0 Å². The molecule has 0 saturated carbocycles. The van der Waals surface area contributed by atoms with Gasteiger partial charge in [0.25, 0.3) is 0 Å². The minimum atomic E-state index is -0.605. The van der Waals surface area contributed by atoms with Crippen LogP contribution in [0.1, 0.15) is 12.0 Å². The van der Waals surface area contributed by atoms with Crippen molar-refractivity contribution in [1.29, 1.82) is 5.26 Å². The third-order valence-electron chi connectivity index (χ3n) is 8.22. The summed E-state index contributed by atoms with van der Waals surface area (Å²) in [6.45, 7) is 3.64. The summed E-state index contributed by atoms with van der Waals surface area (Å²) in [6.07, 6.45) is 4.38. The van der Waals surface area contributed by atoms with Gasteiger partial charge in [-0.25, -0.2) is 4.39 Å². The van der Waals surface area contributed by atoms with Gasteiger partial charge in [-0.3, -0.25) is 9.88 Å². The average Bonchev–Trinajstić information content (AvgIpc) is 3.64. The molecule has 5 heterocycles. The lowest BCUT2D eigenvalue weighted by Crippen LogP contribution is -2.51. The van der Waals surface area contributed by atoms with Crippen molar-refractivity contribution in [2.75, 3.05) is 42.7 Å². The Morgan fingerprint density at radius 3 is 2.88 bits per heavy atom. The molecule has 1 unspecified atom stereocenters. The summed E-state index contributed by atoms with van der Waals surface area (Å²) in [5.74, 6) is 0.603. The van der Waals surface area contributed by atoms with E-state index in [1.807, 2.05) is 30.1 Å². The van der Waals surface area contributed by atoms with Crippen molar-refractivity contribution in [3.05, 3.63) is 80.3 Å². The zero-order valence-electron chi connectivity index (χ0n) is 22.3. The van der Waals surface area contributed by atoms with Crippen LogP contribution in [0.3, 0.4) is 0 Å². The SMILES string of the molecule is N#Cc1cnc2c(Cl)cc(N[C@H](C3=CNNN3)C3CSC4=C3CCN(C3COC3)C4)cc2c1Nc1cccc(Cl)c1F. The summed E-state index contributed by atoms with van der Waals surface area (Å²) in [5, 5.41) is 17.7. The molecule has 0 spiro atoms. The Morgan fingerprint density at radius 1 is 1.24 bits per heavy atom. The maximum absolute atomic E-state index is 14.9. The van der Waals surface area contributed by atoms with Crippen molar-refractivity contribution in [2.24, 2.45) is 5.92 Å². The molecule has 0 amide bonds. The normalized spacial score (nSPS) is 21.2. The molecule has 4 aliphatic rings. The monoisotopic (exact) mass is 624 g/mol. The number of nitrogens with zero attached hydrogens (tertiary/aromatic N) is 3. The Kier molecular flexibility index (Phi) is 7.52. The van der Waals surface area contributed by atoms with Crippen molar-refractivity contribution in [3.63, 3.8) is 0 Å². The third-order valence-corrected chi connectivity index (χ3v) is 10.1. The van der Waals surface area contributed by atoms with E-state index < -0.39 is 5.82 Å². The number of fused-ring (bicyclic) bond motifs is 1. The molecule has 3 aromatic rings. The van der Waals surface area contributed by atoms with Gasteiger partial charge in [-0.05, 0) is 35.6 Å². The Bertz CT molecular complexity index is 1670. The lowest BCUT2D eigenvalue weighted by atomic mass is 9.87. The highest BCUT2D eigenvalue weighted by molar-refractivity contribution is 8.03. The molecule has 2 aromatic carbocycles. The predicted molar refractivity (Wildman–Crippen MR) is 165 cm³/mol. The molecule has 5 N–H and O–H groups in total. The Morgan fingerprint density at radius 2 is 2.12 bits per heavy atom. The third kappa shape index (κ3) is 5.02. The van der Waals surface area contributed by atoms with Crippen molar-refractivity contribution < 1.29 is 9.13 Å². The highest BCUT2D eigenvalue weighted by Gasteiger charge is 2.39. The summed E-state index contributed by atoms with van der Waals surface area (Å²) in [7, 11) is 0. The molecule has 216 valence electrons. The molecule has 0 radical (unpaired) electrons. The molecule has 1 saturated heterocycles. The Balaban J connectivity index is 1.24. The first-order valence-corrected chi connectivity index (χ1v) is 15.4. The number of hydrogen-bond acceptors (Lipinski definition) is 10. The van der Waals surface area contributed by atoms with Crippen LogP contribution in [0.4, 0.5) is 21.5 Å². The van der Waals surface area contributed by atoms with E-state index in [4.69, 9.17) is 27.9 Å². The minimum Gasteiger partial charge on any atom is -0.378 e. The highest BCUT2D eigenvalue weighted by Crippen LogP contribution is 2.45. The van der Waals surface area contributed by atoms with Gasteiger partial charge in [0, 0.05) is 48.2 Å². The second kappa shape index (κ2) is 11.4. The number of anilines is 3. The number of hydrazine groups is 2. The van der Waals surface area contributed by atoms with E-state index in [0.29, 0.717) is 27.7 Å². The van der Waals surface area contributed by atoms with Crippen LogP contribution in [0.2, 0.25) is 10.0 Å². The van der Waals surface area contributed by atoms with Gasteiger partial charge in [-0.2, -0.15) is 10.8 Å². The maximum atomic E-state index is 14.9. The molecular weight excluding hydrogens is 598 g/mol. The molecule has 0 bridgehead atoms. The average molecular weight is 626 g/mol. The summed E-state index contributed by atoms with van der Waals surface area (Å²) in [4.78, 5) is 8.44. The lowest BCUT2D eigenvalue weighted by molar-refractivity contribution is -0.0624. The number of ether oxygens (including phenoxy) is 1. The van der Waals surface area contributed by atoms with Crippen LogP contribution >= 0.6 is 35.0 Å². The highest BCUT2D eigenvalue weighted by atomic mass is 35.5. The fraction of sp³-hybridized carbons (Fsp3) is 0.310. The molecule has 1 fully saturated rings. The summed E-state index contributed by atoms with van der Waals surface area (Å²) in [6, 6.07) is 11.0. The summed E-state index contributed by atoms with van der Waals surface area (Å²) >= 11 is 14.7. The molecular formula is C29H27Cl2FN8OS. The zero-order chi connectivity index (χ0) is 28.8. The van der Waals surface area contributed by atoms with Gasteiger partial charge in [-0.1, -0.05) is 34.8 Å². The minimum absolute atomic E-state index is 0.0189. The van der Waals surface area contributed by atoms with Gasteiger partial charge >= 0.3 is 0 Å². The van der Waals surface area contributed by atoms with Crippen molar-refractivity contribution in [3.8, 4) is 6.07 Å². The fourth-order valence-corrected chi connectivity index (χ4v) is 7.84. The van der Waals surface area contributed by atoms with Crippen LogP contribution < -0.4 is 27.0 Å². The number of halogens is 3. The first kappa shape index (κ1) is 27.6. The molecule has 9 nitrogen and oxygen atoms in total. The van der Waals surface area contributed by atoms with Crippen molar-refractivity contribution >= 4 is 62.9 Å². The molecule has 2 atom stereocenters. The van der Waals surface area contributed by atoms with Gasteiger partial charge in [-0.15, -0.1) is 11.8 Å². The second-order valence-corrected chi connectivity index (χ2v) is 12.6. The Labute approximate surface area is 256 Å². The topological polar surface area (TPSA) is 109 Å². The standard InChI is InChI=1S/C29H27Cl2FN8OS/c30-21-2-1-3-23(26(21)32)37-27-15(8-33)9-34-28-19(27)6-16(7-22(28)31)36-29(24-10-35-39-38-24)20-14-42-25-11-40(5-4-18(20)25)17-12-41-13-17/h1-3,6-7,9-10,17,20,29,35-36,38-39H,4-5,11-14H2,(H,34,37)/t20?,29-/m0/s1. The van der Waals surface area contributed by atoms with Crippen LogP contribution in [0, 0.1) is 23.1 Å². The molecule has 0 aliphatic carbocycles. The Hall–Kier alpha value is -3.24. The van der Waals surface area contributed by atoms with Crippen LogP contribution in [0.15, 0.2) is 58.9 Å². The number of aromatic nitrogens is 1. The number of thioether (sulfide) groups is 1. The van der Waals surface area contributed by atoms with E-state index in [2.05, 4.69) is 43.0 Å². The van der Waals surface area contributed by atoms with Gasteiger partial charge < -0.3 is 26.2 Å². The van der Waals surface area contributed by atoms with Crippen molar-refractivity contribution in [1.82, 2.24) is 26.3 Å². The summed E-state index contributed by atoms with van der Waals surface area (Å²) < 4.78 is 20.3. The molecule has 4 aliphatic heterocycles. The van der Waals surface area contributed by atoms with Gasteiger partial charge in [0.05, 0.1) is 63.5 Å². The van der Waals surface area contributed by atoms with Crippen LogP contribution in [-0.2, 0) is 4.74 Å². The predicted octanol–water partition coefficient (Wildman–Crippen LogP) is 5.25. The van der Waals surface area contributed by atoms with E-state index in [1.165, 1.54) is 22.7 Å². The quantitative estimate of drug-likeness (QED) is 0.239. The van der Waals surface area contributed by atoms with Gasteiger partial charge in [0.2, 0.25) is 0 Å². The van der Waals surface area contributed by atoms with E-state index in [0.717, 1.165) is 49.9 Å².